The Morgan fingerprint density at radius 1 is 0.900 bits per heavy atom. The van der Waals surface area contributed by atoms with Crippen LogP contribution in [0, 0.1) is 5.92 Å². The third kappa shape index (κ3) is 1.18. The second-order valence-electron chi connectivity index (χ2n) is 3.43. The second kappa shape index (κ2) is 2.89. The summed E-state index contributed by atoms with van der Waals surface area (Å²) in [4.78, 5) is 0. The Hall–Kier alpha value is -0.0800. The maximum absolute atomic E-state index is 3.51. The lowest BCUT2D eigenvalue weighted by molar-refractivity contribution is 0.192. The van der Waals surface area contributed by atoms with Gasteiger partial charge < -0.3 is 10.6 Å². The van der Waals surface area contributed by atoms with Crippen molar-refractivity contribution >= 4 is 0 Å². The fraction of sp³-hybridized carbons (Fsp3) is 1.00. The van der Waals surface area contributed by atoms with E-state index in [0.29, 0.717) is 6.17 Å². The van der Waals surface area contributed by atoms with Crippen molar-refractivity contribution in [3.8, 4) is 0 Å². The van der Waals surface area contributed by atoms with Gasteiger partial charge in [-0.3, -0.25) is 0 Å². The normalized spacial score (nSPS) is 40.8. The molecule has 0 saturated carbocycles. The van der Waals surface area contributed by atoms with Crippen molar-refractivity contribution in [2.75, 3.05) is 13.1 Å². The molecule has 0 amide bonds. The smallest absolute Gasteiger partial charge is 0.0600 e. The van der Waals surface area contributed by atoms with E-state index in [0.717, 1.165) is 5.92 Å². The molecule has 2 fully saturated rings. The summed E-state index contributed by atoms with van der Waals surface area (Å²) in [5.74, 6) is 0.933. The van der Waals surface area contributed by atoms with E-state index in [9.17, 15) is 0 Å². The summed E-state index contributed by atoms with van der Waals surface area (Å²) < 4.78 is 0. The third-order valence-corrected chi connectivity index (χ3v) is 2.70. The van der Waals surface area contributed by atoms with E-state index in [-0.39, 0.29) is 0 Å². The third-order valence-electron chi connectivity index (χ3n) is 2.70. The summed E-state index contributed by atoms with van der Waals surface area (Å²) in [6, 6.07) is 0. The van der Waals surface area contributed by atoms with Crippen molar-refractivity contribution in [2.24, 2.45) is 5.92 Å². The van der Waals surface area contributed by atoms with Crippen LogP contribution in [0.4, 0.5) is 0 Å². The van der Waals surface area contributed by atoms with Crippen molar-refractivity contribution in [3.63, 3.8) is 0 Å². The van der Waals surface area contributed by atoms with Crippen LogP contribution in [0.15, 0.2) is 0 Å². The molecule has 2 N–H and O–H groups in total. The van der Waals surface area contributed by atoms with Crippen LogP contribution in [0.3, 0.4) is 0 Å². The maximum Gasteiger partial charge on any atom is 0.0600 e. The average Bonchev–Trinajstić information content (AvgIpc) is 2.05. The Kier molecular flexibility index (Phi) is 1.91. The van der Waals surface area contributed by atoms with Crippen LogP contribution >= 0.6 is 0 Å². The van der Waals surface area contributed by atoms with E-state index in [2.05, 4.69) is 10.6 Å². The first kappa shape index (κ1) is 6.62. The summed E-state index contributed by atoms with van der Waals surface area (Å²) in [5, 5.41) is 7.02. The van der Waals surface area contributed by atoms with E-state index in [1.165, 1.54) is 38.8 Å². The zero-order valence-corrected chi connectivity index (χ0v) is 6.40. The first-order chi connectivity index (χ1) is 4.97. The van der Waals surface area contributed by atoms with Crippen molar-refractivity contribution < 1.29 is 0 Å². The molecule has 0 unspecified atom stereocenters. The molecule has 2 saturated heterocycles. The minimum absolute atomic E-state index is 0.655. The Labute approximate surface area is 62.4 Å². The zero-order chi connectivity index (χ0) is 6.81. The number of fused-ring (bicyclic) bond motifs is 1. The molecule has 2 heterocycles. The van der Waals surface area contributed by atoms with Crippen LogP contribution in [-0.4, -0.2) is 19.3 Å². The van der Waals surface area contributed by atoms with Gasteiger partial charge in [0, 0.05) is 0 Å². The Bertz CT molecular complexity index is 87.8. The summed E-state index contributed by atoms with van der Waals surface area (Å²) in [6.45, 7) is 2.43. The molecule has 0 atom stereocenters. The highest BCUT2D eigenvalue weighted by Gasteiger charge is 2.26. The molecule has 0 aromatic rings. The molecule has 0 aliphatic carbocycles. The Balaban J connectivity index is 1.93. The van der Waals surface area contributed by atoms with Crippen LogP contribution < -0.4 is 10.6 Å². The van der Waals surface area contributed by atoms with Gasteiger partial charge in [0.15, 0.2) is 0 Å². The van der Waals surface area contributed by atoms with E-state index in [4.69, 9.17) is 0 Å². The predicted octanol–water partition coefficient (Wildman–Crippen LogP) is 0.695. The Morgan fingerprint density at radius 2 is 1.50 bits per heavy atom. The van der Waals surface area contributed by atoms with Gasteiger partial charge in [-0.05, 0) is 44.7 Å². The summed E-state index contributed by atoms with van der Waals surface area (Å²) >= 11 is 0. The lowest BCUT2D eigenvalue weighted by Gasteiger charge is -2.36. The van der Waals surface area contributed by atoms with Crippen LogP contribution in [-0.2, 0) is 0 Å². The van der Waals surface area contributed by atoms with Crippen molar-refractivity contribution in [1.29, 1.82) is 0 Å². The van der Waals surface area contributed by atoms with E-state index in [1.54, 1.807) is 0 Å². The molecular weight excluding hydrogens is 124 g/mol. The SMILES string of the molecule is C1CNC2NCCCC2C1. The Morgan fingerprint density at radius 3 is 2.00 bits per heavy atom. The van der Waals surface area contributed by atoms with E-state index < -0.39 is 0 Å². The van der Waals surface area contributed by atoms with Gasteiger partial charge in [-0.15, -0.1) is 0 Å². The molecule has 2 rings (SSSR count). The highest BCUT2D eigenvalue weighted by molar-refractivity contribution is 4.82. The van der Waals surface area contributed by atoms with Crippen LogP contribution in [0.5, 0.6) is 0 Å². The molecule has 2 nitrogen and oxygen atoms in total. The van der Waals surface area contributed by atoms with Crippen LogP contribution in [0.25, 0.3) is 0 Å². The molecule has 0 radical (unpaired) electrons. The summed E-state index contributed by atoms with van der Waals surface area (Å²) in [7, 11) is 0. The summed E-state index contributed by atoms with van der Waals surface area (Å²) in [5.41, 5.74) is 0. The van der Waals surface area contributed by atoms with Gasteiger partial charge in [-0.2, -0.15) is 0 Å². The number of rotatable bonds is 0. The second-order valence-corrected chi connectivity index (χ2v) is 3.43. The number of nitrogens with one attached hydrogen (secondary N) is 2. The topological polar surface area (TPSA) is 24.1 Å². The number of hydrogen-bond acceptors (Lipinski definition) is 2. The van der Waals surface area contributed by atoms with Crippen molar-refractivity contribution in [1.82, 2.24) is 10.6 Å². The fourth-order valence-electron chi connectivity index (χ4n) is 2.13. The molecule has 0 aromatic carbocycles. The van der Waals surface area contributed by atoms with Gasteiger partial charge in [0.05, 0.1) is 6.17 Å². The highest BCUT2D eigenvalue weighted by Crippen LogP contribution is 2.22. The van der Waals surface area contributed by atoms with Gasteiger partial charge in [-0.1, -0.05) is 0 Å². The standard InChI is InChI=1S/C8H16N2/c1-3-7-4-2-6-10-8(7)9-5-1/h7-10H,1-6H2. The zero-order valence-electron chi connectivity index (χ0n) is 6.40. The summed E-state index contributed by atoms with van der Waals surface area (Å²) in [6.07, 6.45) is 6.28. The van der Waals surface area contributed by atoms with Gasteiger partial charge in [0.1, 0.15) is 0 Å². The minimum atomic E-state index is 0.655. The largest absolute Gasteiger partial charge is 0.302 e. The van der Waals surface area contributed by atoms with Crippen LogP contribution in [0.2, 0.25) is 0 Å². The molecule has 0 bridgehead atoms. The molecular formula is C8H16N2. The van der Waals surface area contributed by atoms with Gasteiger partial charge in [0.25, 0.3) is 0 Å². The lowest BCUT2D eigenvalue weighted by Crippen LogP contribution is -2.53. The predicted molar refractivity (Wildman–Crippen MR) is 41.8 cm³/mol. The van der Waals surface area contributed by atoms with Crippen molar-refractivity contribution in [3.05, 3.63) is 0 Å². The molecule has 0 aromatic heterocycles. The minimum Gasteiger partial charge on any atom is -0.302 e. The number of hydrogen-bond donors (Lipinski definition) is 2. The van der Waals surface area contributed by atoms with Crippen molar-refractivity contribution in [2.45, 2.75) is 31.8 Å². The van der Waals surface area contributed by atoms with Gasteiger partial charge in [-0.25, -0.2) is 0 Å². The number of piperidine rings is 2. The molecule has 0 spiro atoms. The molecule has 2 aliphatic rings. The van der Waals surface area contributed by atoms with E-state index >= 15 is 0 Å². The molecule has 10 heavy (non-hydrogen) atoms. The molecule has 2 heteroatoms. The molecule has 58 valence electrons. The highest BCUT2D eigenvalue weighted by atomic mass is 15.1. The van der Waals surface area contributed by atoms with Crippen LogP contribution in [0.1, 0.15) is 25.7 Å². The first-order valence-electron chi connectivity index (χ1n) is 4.43. The first-order valence-corrected chi connectivity index (χ1v) is 4.43. The maximum atomic E-state index is 3.51. The monoisotopic (exact) mass is 140 g/mol. The lowest BCUT2D eigenvalue weighted by atomic mass is 9.89. The fourth-order valence-corrected chi connectivity index (χ4v) is 2.13. The van der Waals surface area contributed by atoms with E-state index in [1.807, 2.05) is 0 Å². The quantitative estimate of drug-likeness (QED) is 0.517. The van der Waals surface area contributed by atoms with Gasteiger partial charge in [0.2, 0.25) is 0 Å². The van der Waals surface area contributed by atoms with Gasteiger partial charge >= 0.3 is 0 Å². The molecule has 2 aliphatic heterocycles. The average molecular weight is 140 g/mol.